The highest BCUT2D eigenvalue weighted by Gasteiger charge is 2.21. The summed E-state index contributed by atoms with van der Waals surface area (Å²) in [6.45, 7) is 7.79. The Labute approximate surface area is 220 Å². The third kappa shape index (κ3) is 5.69. The average molecular weight is 536 g/mol. The van der Waals surface area contributed by atoms with Gasteiger partial charge in [-0.05, 0) is 29.8 Å². The molecular formula is C26H30FN7O3Si. The highest BCUT2D eigenvalue weighted by atomic mass is 28.3. The van der Waals surface area contributed by atoms with Crippen LogP contribution in [0.5, 0.6) is 5.75 Å². The second kappa shape index (κ2) is 11.0. The number of halogens is 1. The standard InChI is InChI=1S/C26H30FN7O3Si/c1-36-22-8-6-17(27)11-19(22)26(35)30-13-16-5-7-18(23-20(12-28)25(29)33-32-23)21-14-31-34(24(16)21)15-37-9-10-38(2,3)4/h5-8,11,14H,9-10,13,15H2,1-4H3,(H,30,35)(H3,29,32,33). The van der Waals surface area contributed by atoms with Crippen LogP contribution < -0.4 is 15.8 Å². The highest BCUT2D eigenvalue weighted by Crippen LogP contribution is 2.33. The van der Waals surface area contributed by atoms with E-state index in [1.165, 1.54) is 19.2 Å². The molecule has 0 spiro atoms. The van der Waals surface area contributed by atoms with Gasteiger partial charge in [-0.3, -0.25) is 9.89 Å². The maximum Gasteiger partial charge on any atom is 0.255 e. The van der Waals surface area contributed by atoms with Crippen molar-refractivity contribution in [2.24, 2.45) is 0 Å². The number of anilines is 1. The maximum atomic E-state index is 13.8. The predicted octanol–water partition coefficient (Wildman–Crippen LogP) is 4.27. The molecule has 38 heavy (non-hydrogen) atoms. The Morgan fingerprint density at radius 3 is 2.79 bits per heavy atom. The monoisotopic (exact) mass is 535 g/mol. The van der Waals surface area contributed by atoms with E-state index in [9.17, 15) is 14.4 Å². The van der Waals surface area contributed by atoms with E-state index in [0.29, 0.717) is 23.4 Å². The van der Waals surface area contributed by atoms with Gasteiger partial charge in [0.1, 0.15) is 41.4 Å². The van der Waals surface area contributed by atoms with E-state index in [4.69, 9.17) is 15.2 Å². The first-order valence-electron chi connectivity index (χ1n) is 12.0. The minimum atomic E-state index is -1.27. The number of nitrogen functional groups attached to an aromatic ring is 1. The number of methoxy groups -OCH3 is 1. The van der Waals surface area contributed by atoms with Crippen molar-refractivity contribution >= 4 is 30.7 Å². The van der Waals surface area contributed by atoms with Crippen LogP contribution in [0.4, 0.5) is 10.2 Å². The molecule has 0 radical (unpaired) electrons. The number of aromatic nitrogens is 4. The summed E-state index contributed by atoms with van der Waals surface area (Å²) in [6, 6.07) is 10.5. The predicted molar refractivity (Wildman–Crippen MR) is 145 cm³/mol. The Bertz CT molecular complexity index is 1520. The normalized spacial score (nSPS) is 11.5. The molecule has 4 aromatic rings. The van der Waals surface area contributed by atoms with Crippen LogP contribution in [-0.2, 0) is 18.0 Å². The van der Waals surface area contributed by atoms with Crippen molar-refractivity contribution in [2.75, 3.05) is 19.5 Å². The molecule has 0 saturated heterocycles. The van der Waals surface area contributed by atoms with Crippen LogP contribution in [0, 0.1) is 17.1 Å². The number of benzene rings is 2. The minimum absolute atomic E-state index is 0.0919. The van der Waals surface area contributed by atoms with Crippen molar-refractivity contribution in [3.63, 3.8) is 0 Å². The summed E-state index contributed by atoms with van der Waals surface area (Å²) in [5, 5.41) is 24.6. The van der Waals surface area contributed by atoms with E-state index in [0.717, 1.165) is 23.1 Å². The summed E-state index contributed by atoms with van der Waals surface area (Å²) in [4.78, 5) is 12.9. The molecule has 0 unspecified atom stereocenters. The number of nitriles is 1. The lowest BCUT2D eigenvalue weighted by Gasteiger charge is -2.16. The fourth-order valence-electron chi connectivity index (χ4n) is 4.04. The Kier molecular flexibility index (Phi) is 7.80. The molecule has 12 heteroatoms. The zero-order chi connectivity index (χ0) is 27.4. The number of rotatable bonds is 10. The Morgan fingerprint density at radius 1 is 1.29 bits per heavy atom. The number of carbonyl (C=O) groups excluding carboxylic acids is 1. The lowest BCUT2D eigenvalue weighted by atomic mass is 10.0. The van der Waals surface area contributed by atoms with Gasteiger partial charge in [-0.15, -0.1) is 0 Å². The van der Waals surface area contributed by atoms with Gasteiger partial charge in [-0.2, -0.15) is 15.5 Å². The molecule has 0 atom stereocenters. The first-order valence-corrected chi connectivity index (χ1v) is 15.7. The lowest BCUT2D eigenvalue weighted by Crippen LogP contribution is -2.24. The number of nitrogens with zero attached hydrogens (tertiary/aromatic N) is 4. The van der Waals surface area contributed by atoms with Crippen molar-refractivity contribution in [3.8, 4) is 23.1 Å². The minimum Gasteiger partial charge on any atom is -0.496 e. The molecule has 0 fully saturated rings. The Morgan fingerprint density at radius 2 is 2.08 bits per heavy atom. The van der Waals surface area contributed by atoms with Crippen LogP contribution >= 0.6 is 0 Å². The highest BCUT2D eigenvalue weighted by molar-refractivity contribution is 6.76. The van der Waals surface area contributed by atoms with Crippen LogP contribution in [0.25, 0.3) is 22.2 Å². The molecule has 0 aliphatic carbocycles. The summed E-state index contributed by atoms with van der Waals surface area (Å²) >= 11 is 0. The molecule has 0 saturated carbocycles. The summed E-state index contributed by atoms with van der Waals surface area (Å²) in [5.74, 6) is -0.575. The molecule has 0 aliphatic heterocycles. The first-order chi connectivity index (χ1) is 18.1. The molecule has 198 valence electrons. The third-order valence-corrected chi connectivity index (χ3v) is 7.81. The Hall–Kier alpha value is -4.21. The maximum absolute atomic E-state index is 13.8. The summed E-state index contributed by atoms with van der Waals surface area (Å²) in [7, 11) is 0.153. The van der Waals surface area contributed by atoms with E-state index < -0.39 is 19.8 Å². The summed E-state index contributed by atoms with van der Waals surface area (Å²) < 4.78 is 26.7. The van der Waals surface area contributed by atoms with Gasteiger partial charge in [0.25, 0.3) is 5.91 Å². The van der Waals surface area contributed by atoms with Crippen LogP contribution in [-0.4, -0.2) is 47.7 Å². The van der Waals surface area contributed by atoms with Gasteiger partial charge in [-0.25, -0.2) is 9.07 Å². The molecular weight excluding hydrogens is 505 g/mol. The van der Waals surface area contributed by atoms with Crippen molar-refractivity contribution in [3.05, 3.63) is 59.0 Å². The molecule has 0 bridgehead atoms. The number of nitrogens with one attached hydrogen (secondary N) is 2. The number of ether oxygens (including phenoxy) is 2. The second-order valence-corrected chi connectivity index (χ2v) is 15.6. The van der Waals surface area contributed by atoms with Crippen LogP contribution in [0.2, 0.25) is 25.7 Å². The van der Waals surface area contributed by atoms with E-state index in [2.05, 4.69) is 46.3 Å². The van der Waals surface area contributed by atoms with Gasteiger partial charge >= 0.3 is 0 Å². The number of aromatic amines is 1. The molecule has 2 heterocycles. The number of carbonyl (C=O) groups is 1. The topological polar surface area (TPSA) is 144 Å². The molecule has 2 aromatic carbocycles. The zero-order valence-corrected chi connectivity index (χ0v) is 22.8. The first kappa shape index (κ1) is 26.8. The van der Waals surface area contributed by atoms with Crippen molar-refractivity contribution in [1.82, 2.24) is 25.3 Å². The number of amides is 1. The van der Waals surface area contributed by atoms with E-state index in [1.54, 1.807) is 16.9 Å². The van der Waals surface area contributed by atoms with Crippen LogP contribution in [0.15, 0.2) is 36.5 Å². The third-order valence-electron chi connectivity index (χ3n) is 6.10. The van der Waals surface area contributed by atoms with Gasteiger partial charge in [-0.1, -0.05) is 31.8 Å². The number of H-pyrrole nitrogens is 1. The van der Waals surface area contributed by atoms with Crippen molar-refractivity contribution in [1.29, 1.82) is 5.26 Å². The largest absolute Gasteiger partial charge is 0.496 e. The second-order valence-electron chi connectivity index (χ2n) is 10.0. The molecule has 10 nitrogen and oxygen atoms in total. The molecule has 4 N–H and O–H groups in total. The molecule has 0 aliphatic rings. The van der Waals surface area contributed by atoms with Crippen LogP contribution in [0.3, 0.4) is 0 Å². The lowest BCUT2D eigenvalue weighted by molar-refractivity contribution is 0.0816. The van der Waals surface area contributed by atoms with E-state index >= 15 is 0 Å². The number of fused-ring (bicyclic) bond motifs is 1. The summed E-state index contributed by atoms with van der Waals surface area (Å²) in [6.07, 6.45) is 1.68. The molecule has 2 aromatic heterocycles. The van der Waals surface area contributed by atoms with Crippen LogP contribution in [0.1, 0.15) is 21.5 Å². The van der Waals surface area contributed by atoms with Crippen molar-refractivity contribution < 1.29 is 18.7 Å². The molecule has 1 amide bonds. The van der Waals surface area contributed by atoms with Gasteiger partial charge in [0.2, 0.25) is 0 Å². The number of hydrogen-bond donors (Lipinski definition) is 3. The quantitative estimate of drug-likeness (QED) is 0.203. The van der Waals surface area contributed by atoms with Gasteiger partial charge < -0.3 is 20.5 Å². The summed E-state index contributed by atoms with van der Waals surface area (Å²) in [5.41, 5.74) is 8.77. The van der Waals surface area contributed by atoms with Gasteiger partial charge in [0.05, 0.1) is 24.4 Å². The SMILES string of the molecule is COc1ccc(F)cc1C(=O)NCc1ccc(-c2n[nH]c(N)c2C#N)c2cnn(COCC[Si](C)(C)C)c12. The average Bonchev–Trinajstić information content (AvgIpc) is 3.48. The van der Waals surface area contributed by atoms with Crippen molar-refractivity contribution in [2.45, 2.75) is 39.0 Å². The van der Waals surface area contributed by atoms with Gasteiger partial charge in [0, 0.05) is 32.2 Å². The van der Waals surface area contributed by atoms with Gasteiger partial charge in [0.15, 0.2) is 0 Å². The Balaban J connectivity index is 1.68. The number of nitrogens with two attached hydrogens (primary N) is 1. The smallest absolute Gasteiger partial charge is 0.255 e. The molecule has 4 rings (SSSR count). The zero-order valence-electron chi connectivity index (χ0n) is 21.8. The van der Waals surface area contributed by atoms with E-state index in [-0.39, 0.29) is 36.0 Å². The van der Waals surface area contributed by atoms with E-state index in [1.807, 2.05) is 6.07 Å². The fraction of sp³-hybridized carbons (Fsp3) is 0.308. The fourth-order valence-corrected chi connectivity index (χ4v) is 4.80. The number of hydrogen-bond acceptors (Lipinski definition) is 7.